The third-order valence-corrected chi connectivity index (χ3v) is 5.38. The van der Waals surface area contributed by atoms with Crippen LogP contribution in [0.5, 0.6) is 23.0 Å². The number of ether oxygens (including phenoxy) is 3. The van der Waals surface area contributed by atoms with Crippen LogP contribution in [-0.2, 0) is 13.0 Å². The molecule has 1 unspecified atom stereocenters. The van der Waals surface area contributed by atoms with Gasteiger partial charge in [0.15, 0.2) is 23.1 Å². The number of benzene rings is 3. The van der Waals surface area contributed by atoms with Gasteiger partial charge in [-0.2, -0.15) is 0 Å². The molecule has 0 bridgehead atoms. The van der Waals surface area contributed by atoms with Crippen molar-refractivity contribution in [2.24, 2.45) is 11.7 Å². The highest BCUT2D eigenvalue weighted by Crippen LogP contribution is 2.34. The minimum absolute atomic E-state index is 0. The molecular formula is C25H26ClFN2O4. The van der Waals surface area contributed by atoms with Crippen molar-refractivity contribution >= 4 is 18.3 Å². The van der Waals surface area contributed by atoms with E-state index in [0.717, 1.165) is 17.7 Å². The van der Waals surface area contributed by atoms with Gasteiger partial charge in [-0.05, 0) is 53.9 Å². The van der Waals surface area contributed by atoms with Crippen LogP contribution >= 0.6 is 12.4 Å². The first kappa shape index (κ1) is 24.4. The number of amides is 1. The van der Waals surface area contributed by atoms with Gasteiger partial charge in [0, 0.05) is 24.6 Å². The number of rotatable bonds is 7. The van der Waals surface area contributed by atoms with Gasteiger partial charge >= 0.3 is 0 Å². The highest BCUT2D eigenvalue weighted by atomic mass is 35.5. The van der Waals surface area contributed by atoms with E-state index in [0.29, 0.717) is 30.0 Å². The van der Waals surface area contributed by atoms with E-state index in [-0.39, 0.29) is 42.3 Å². The van der Waals surface area contributed by atoms with E-state index < -0.39 is 5.82 Å². The Morgan fingerprint density at radius 3 is 2.67 bits per heavy atom. The maximum atomic E-state index is 14.3. The fraction of sp³-hybridized carbons (Fsp3) is 0.240. The summed E-state index contributed by atoms with van der Waals surface area (Å²) in [6.45, 7) is 1.25. The summed E-state index contributed by atoms with van der Waals surface area (Å²) in [4.78, 5) is 12.8. The van der Waals surface area contributed by atoms with Gasteiger partial charge in [-0.25, -0.2) is 4.39 Å². The second-order valence-corrected chi connectivity index (χ2v) is 7.64. The van der Waals surface area contributed by atoms with Gasteiger partial charge in [-0.15, -0.1) is 12.4 Å². The molecule has 3 aromatic carbocycles. The van der Waals surface area contributed by atoms with Crippen molar-refractivity contribution in [3.63, 3.8) is 0 Å². The van der Waals surface area contributed by atoms with Gasteiger partial charge in [-0.1, -0.05) is 24.3 Å². The molecule has 4 rings (SSSR count). The molecule has 0 aliphatic carbocycles. The second kappa shape index (κ2) is 11.0. The molecule has 0 saturated heterocycles. The molecule has 1 atom stereocenters. The summed E-state index contributed by atoms with van der Waals surface area (Å²) in [7, 11) is 1.48. The molecule has 33 heavy (non-hydrogen) atoms. The molecule has 0 fully saturated rings. The molecule has 1 aliphatic rings. The van der Waals surface area contributed by atoms with Crippen molar-refractivity contribution in [1.29, 1.82) is 0 Å². The standard InChI is InChI=1S/C25H25FN2O4.ClH/c1-30-23-9-7-19(12-24(23)32-22-8-6-16(13-27)11-20(22)26)25(29)28-14-17-10-18-4-2-3-5-21(18)31-15-17;/h2-9,11-12,17H,10,13-15,27H2,1H3,(H,28,29);1H. The Bertz CT molecular complexity index is 1130. The molecule has 1 aliphatic heterocycles. The highest BCUT2D eigenvalue weighted by molar-refractivity contribution is 5.94. The molecular weight excluding hydrogens is 447 g/mol. The van der Waals surface area contributed by atoms with Gasteiger partial charge < -0.3 is 25.3 Å². The lowest BCUT2D eigenvalue weighted by molar-refractivity contribution is 0.0938. The average Bonchev–Trinajstić information content (AvgIpc) is 2.83. The van der Waals surface area contributed by atoms with E-state index in [1.165, 1.54) is 25.3 Å². The Morgan fingerprint density at radius 2 is 1.91 bits per heavy atom. The van der Waals surface area contributed by atoms with Gasteiger partial charge in [0.2, 0.25) is 0 Å². The highest BCUT2D eigenvalue weighted by Gasteiger charge is 2.21. The molecule has 8 heteroatoms. The molecule has 1 heterocycles. The van der Waals surface area contributed by atoms with Crippen molar-refractivity contribution in [2.75, 3.05) is 20.3 Å². The Morgan fingerprint density at radius 1 is 1.12 bits per heavy atom. The minimum atomic E-state index is -0.539. The average molecular weight is 473 g/mol. The first-order chi connectivity index (χ1) is 15.6. The van der Waals surface area contributed by atoms with Crippen LogP contribution in [0.4, 0.5) is 4.39 Å². The Balaban J connectivity index is 0.00000306. The number of fused-ring (bicyclic) bond motifs is 1. The van der Waals surface area contributed by atoms with Crippen LogP contribution in [0.15, 0.2) is 60.7 Å². The third-order valence-electron chi connectivity index (χ3n) is 5.38. The van der Waals surface area contributed by atoms with Gasteiger partial charge in [0.05, 0.1) is 13.7 Å². The zero-order chi connectivity index (χ0) is 22.5. The van der Waals surface area contributed by atoms with Crippen LogP contribution in [0.2, 0.25) is 0 Å². The van der Waals surface area contributed by atoms with Gasteiger partial charge in [-0.3, -0.25) is 4.79 Å². The molecule has 3 aromatic rings. The van der Waals surface area contributed by atoms with E-state index >= 15 is 0 Å². The monoisotopic (exact) mass is 472 g/mol. The largest absolute Gasteiger partial charge is 0.493 e. The maximum absolute atomic E-state index is 14.3. The second-order valence-electron chi connectivity index (χ2n) is 7.64. The van der Waals surface area contributed by atoms with E-state index in [1.807, 2.05) is 24.3 Å². The lowest BCUT2D eigenvalue weighted by atomic mass is 9.96. The molecule has 0 saturated carbocycles. The van der Waals surface area contributed by atoms with Crippen molar-refractivity contribution in [1.82, 2.24) is 5.32 Å². The summed E-state index contributed by atoms with van der Waals surface area (Å²) in [5.41, 5.74) is 7.73. The van der Waals surface area contributed by atoms with Crippen molar-refractivity contribution < 1.29 is 23.4 Å². The summed E-state index contributed by atoms with van der Waals surface area (Å²) in [6.07, 6.45) is 0.839. The fourth-order valence-electron chi connectivity index (χ4n) is 3.63. The zero-order valence-corrected chi connectivity index (χ0v) is 19.0. The lowest BCUT2D eigenvalue weighted by Gasteiger charge is -2.25. The number of carbonyl (C=O) groups is 1. The number of hydrogen-bond donors (Lipinski definition) is 2. The molecule has 6 nitrogen and oxygen atoms in total. The SMILES string of the molecule is COc1ccc(C(=O)NCC2COc3ccccc3C2)cc1Oc1ccc(CN)cc1F.Cl. The van der Waals surface area contributed by atoms with Gasteiger partial charge in [0.1, 0.15) is 5.75 Å². The number of nitrogens with two attached hydrogens (primary N) is 1. The molecule has 0 radical (unpaired) electrons. The number of carbonyl (C=O) groups excluding carboxylic acids is 1. The molecule has 0 aromatic heterocycles. The van der Waals surface area contributed by atoms with E-state index in [9.17, 15) is 9.18 Å². The smallest absolute Gasteiger partial charge is 0.251 e. The van der Waals surface area contributed by atoms with E-state index in [1.54, 1.807) is 18.2 Å². The molecule has 174 valence electrons. The third kappa shape index (κ3) is 5.74. The van der Waals surface area contributed by atoms with Crippen LogP contribution in [0.25, 0.3) is 0 Å². The van der Waals surface area contributed by atoms with Crippen LogP contribution in [-0.4, -0.2) is 26.2 Å². The van der Waals surface area contributed by atoms with Crippen LogP contribution in [0.1, 0.15) is 21.5 Å². The van der Waals surface area contributed by atoms with Gasteiger partial charge in [0.25, 0.3) is 5.91 Å². The van der Waals surface area contributed by atoms with Crippen LogP contribution in [0.3, 0.4) is 0 Å². The first-order valence-corrected chi connectivity index (χ1v) is 10.4. The van der Waals surface area contributed by atoms with Crippen molar-refractivity contribution in [3.8, 4) is 23.0 Å². The number of methoxy groups -OCH3 is 1. The fourth-order valence-corrected chi connectivity index (χ4v) is 3.63. The Kier molecular flexibility index (Phi) is 8.14. The molecule has 0 spiro atoms. The van der Waals surface area contributed by atoms with Crippen molar-refractivity contribution in [3.05, 3.63) is 83.2 Å². The number of halogens is 2. The topological polar surface area (TPSA) is 82.8 Å². The maximum Gasteiger partial charge on any atom is 0.251 e. The van der Waals surface area contributed by atoms with E-state index in [2.05, 4.69) is 5.32 Å². The predicted octanol–water partition coefficient (Wildman–Crippen LogP) is 4.49. The summed E-state index contributed by atoms with van der Waals surface area (Å²) in [6, 6.07) is 17.2. The van der Waals surface area contributed by atoms with Crippen molar-refractivity contribution in [2.45, 2.75) is 13.0 Å². The van der Waals surface area contributed by atoms with Crippen LogP contribution in [0, 0.1) is 11.7 Å². The zero-order valence-electron chi connectivity index (χ0n) is 18.2. The first-order valence-electron chi connectivity index (χ1n) is 10.4. The quantitative estimate of drug-likeness (QED) is 0.529. The summed E-state index contributed by atoms with van der Waals surface area (Å²) < 4.78 is 31.1. The molecule has 3 N–H and O–H groups in total. The number of para-hydroxylation sites is 1. The number of nitrogens with one attached hydrogen (secondary N) is 1. The number of hydrogen-bond acceptors (Lipinski definition) is 5. The summed E-state index contributed by atoms with van der Waals surface area (Å²) in [5, 5.41) is 2.95. The summed E-state index contributed by atoms with van der Waals surface area (Å²) in [5.74, 6) is 0.946. The molecule has 1 amide bonds. The van der Waals surface area contributed by atoms with E-state index in [4.69, 9.17) is 19.9 Å². The summed E-state index contributed by atoms with van der Waals surface area (Å²) >= 11 is 0. The lowest BCUT2D eigenvalue weighted by Crippen LogP contribution is -2.34. The minimum Gasteiger partial charge on any atom is -0.493 e. The Labute approximate surface area is 198 Å². The normalized spacial score (nSPS) is 14.3. The van der Waals surface area contributed by atoms with Crippen LogP contribution < -0.4 is 25.3 Å². The predicted molar refractivity (Wildman–Crippen MR) is 126 cm³/mol. The Hall–Kier alpha value is -3.29.